The summed E-state index contributed by atoms with van der Waals surface area (Å²) in [6.07, 6.45) is 0. The molecule has 0 spiro atoms. The lowest BCUT2D eigenvalue weighted by atomic mass is 9.97. The van der Waals surface area contributed by atoms with Crippen molar-refractivity contribution >= 4 is 15.6 Å². The minimum Gasteiger partial charge on any atom is -0.303 e. The summed E-state index contributed by atoms with van der Waals surface area (Å²) < 4.78 is 46.9. The normalized spacial score (nSPS) is 17.1. The third-order valence-electron chi connectivity index (χ3n) is 2.33. The fourth-order valence-corrected chi connectivity index (χ4v) is 2.19. The van der Waals surface area contributed by atoms with Gasteiger partial charge in [0.15, 0.2) is 0 Å². The van der Waals surface area contributed by atoms with Crippen LogP contribution < -0.4 is 5.54 Å². The number of phosphoric acid groups is 2. The van der Waals surface area contributed by atoms with Crippen molar-refractivity contribution in [3.63, 3.8) is 0 Å². The monoisotopic (exact) mass is 339 g/mol. The number of phosphoric ester groups is 2. The molecule has 0 aliphatic carbocycles. The van der Waals surface area contributed by atoms with Gasteiger partial charge in [0.2, 0.25) is 0 Å². The molecule has 0 rings (SSSR count). The van der Waals surface area contributed by atoms with Crippen LogP contribution in [0.3, 0.4) is 0 Å². The highest BCUT2D eigenvalue weighted by molar-refractivity contribution is 7.47. The molecule has 4 N–H and O–H groups in total. The summed E-state index contributed by atoms with van der Waals surface area (Å²) in [5, 5.41) is 0. The van der Waals surface area contributed by atoms with E-state index in [4.69, 9.17) is 9.79 Å². The third-order valence-corrected chi connectivity index (χ3v) is 3.83. The Hall–Kier alpha value is 0.110. The first-order valence-corrected chi connectivity index (χ1v) is 8.75. The maximum atomic E-state index is 12.0. The highest BCUT2D eigenvalue weighted by Gasteiger charge is 2.25. The van der Waals surface area contributed by atoms with E-state index in [0.717, 1.165) is 0 Å². The maximum absolute atomic E-state index is 12.0. The molecule has 0 bridgehead atoms. The van der Waals surface area contributed by atoms with Gasteiger partial charge < -0.3 is 14.7 Å². The molecule has 0 aliphatic rings. The molecule has 0 fully saturated rings. The number of nitrogens with one attached hydrogen (secondary N) is 1. The molecular weight excluding hydrogens is 319 g/mol. The van der Waals surface area contributed by atoms with Crippen LogP contribution in [0.5, 0.6) is 0 Å². The quantitative estimate of drug-likeness (QED) is 0.247. The Balaban J connectivity index is 4.05. The highest BCUT2D eigenvalue weighted by atomic mass is 31.2. The zero-order valence-electron chi connectivity index (χ0n) is 11.1. The van der Waals surface area contributed by atoms with Crippen molar-refractivity contribution in [2.75, 3.05) is 26.4 Å². The zero-order valence-corrected chi connectivity index (χ0v) is 12.9. The Morgan fingerprint density at radius 2 is 1.65 bits per heavy atom. The summed E-state index contributed by atoms with van der Waals surface area (Å²) in [6.45, 7) is 2.23. The van der Waals surface area contributed by atoms with Crippen LogP contribution in [-0.2, 0) is 22.7 Å². The predicted molar refractivity (Wildman–Crippen MR) is 67.2 cm³/mol. The molecule has 2 unspecified atom stereocenters. The van der Waals surface area contributed by atoms with Crippen molar-refractivity contribution < 1.29 is 41.9 Å². The van der Waals surface area contributed by atoms with Crippen molar-refractivity contribution in [3.8, 4) is 0 Å². The van der Waals surface area contributed by atoms with Gasteiger partial charge in [-0.05, 0) is 5.92 Å². The third kappa shape index (κ3) is 10.8. The van der Waals surface area contributed by atoms with Crippen LogP contribution in [0.15, 0.2) is 0 Å². The van der Waals surface area contributed by atoms with Crippen molar-refractivity contribution in [2.45, 2.75) is 13.8 Å². The summed E-state index contributed by atoms with van der Waals surface area (Å²) in [5.41, 5.74) is 1.46. The molecule has 0 heterocycles. The first-order chi connectivity index (χ1) is 9.07. The molecule has 0 aromatic rings. The van der Waals surface area contributed by atoms with Gasteiger partial charge in [-0.25, -0.2) is 9.13 Å². The van der Waals surface area contributed by atoms with Crippen LogP contribution in [0.2, 0.25) is 0 Å². The van der Waals surface area contributed by atoms with Crippen LogP contribution in [0, 0.1) is 11.8 Å². The number of hydrogen-bond acceptors (Lipinski definition) is 6. The molecule has 0 aromatic carbocycles. The van der Waals surface area contributed by atoms with Crippen molar-refractivity contribution in [1.82, 2.24) is 5.54 Å². The first-order valence-electron chi connectivity index (χ1n) is 5.73. The minimum atomic E-state index is -4.64. The molecule has 20 heavy (non-hydrogen) atoms. The van der Waals surface area contributed by atoms with Crippen LogP contribution >= 0.6 is 15.6 Å². The van der Waals surface area contributed by atoms with Crippen molar-refractivity contribution in [1.29, 1.82) is 0 Å². The predicted octanol–water partition coefficient (Wildman–Crippen LogP) is 0.976. The van der Waals surface area contributed by atoms with Gasteiger partial charge in [0, 0.05) is 12.5 Å². The molecule has 0 aliphatic heterocycles. The summed E-state index contributed by atoms with van der Waals surface area (Å²) in [4.78, 5) is 26.0. The Labute approximate surface area is 116 Å². The largest absolute Gasteiger partial charge is 0.472 e. The SMILES string of the molecule is CC(C)C(CNF)COP(=O)(O)OCCOP(=O)(O)O. The lowest BCUT2D eigenvalue weighted by Gasteiger charge is -2.20. The van der Waals surface area contributed by atoms with E-state index in [1.165, 1.54) is 5.54 Å². The van der Waals surface area contributed by atoms with Crippen molar-refractivity contribution in [2.24, 2.45) is 11.8 Å². The lowest BCUT2D eigenvalue weighted by Crippen LogP contribution is -2.25. The van der Waals surface area contributed by atoms with E-state index >= 15 is 0 Å². The van der Waals surface area contributed by atoms with Gasteiger partial charge in [-0.2, -0.15) is 5.54 Å². The van der Waals surface area contributed by atoms with E-state index in [1.807, 2.05) is 0 Å². The van der Waals surface area contributed by atoms with Gasteiger partial charge in [-0.1, -0.05) is 13.8 Å². The summed E-state index contributed by atoms with van der Waals surface area (Å²) in [6, 6.07) is 0. The van der Waals surface area contributed by atoms with Gasteiger partial charge in [0.25, 0.3) is 0 Å². The van der Waals surface area contributed by atoms with E-state index in [9.17, 15) is 18.5 Å². The van der Waals surface area contributed by atoms with Crippen LogP contribution in [0.25, 0.3) is 0 Å². The van der Waals surface area contributed by atoms with Gasteiger partial charge in [-0.3, -0.25) is 13.6 Å². The molecule has 0 radical (unpaired) electrons. The Morgan fingerprint density at radius 1 is 1.10 bits per heavy atom. The van der Waals surface area contributed by atoms with Crippen LogP contribution in [-0.4, -0.2) is 41.0 Å². The second-order valence-corrected chi connectivity index (χ2v) is 6.96. The number of hydrogen-bond donors (Lipinski definition) is 4. The number of halogens is 1. The van der Waals surface area contributed by atoms with Gasteiger partial charge >= 0.3 is 15.6 Å². The molecule has 0 saturated carbocycles. The molecule has 2 atom stereocenters. The second kappa shape index (κ2) is 9.19. The van der Waals surface area contributed by atoms with E-state index in [2.05, 4.69) is 13.6 Å². The van der Waals surface area contributed by atoms with E-state index in [1.54, 1.807) is 13.8 Å². The molecule has 0 amide bonds. The summed E-state index contributed by atoms with van der Waals surface area (Å²) in [7, 11) is -9.02. The maximum Gasteiger partial charge on any atom is 0.472 e. The van der Waals surface area contributed by atoms with E-state index in [0.29, 0.717) is 0 Å². The summed E-state index contributed by atoms with van der Waals surface area (Å²) >= 11 is 0. The Morgan fingerprint density at radius 3 is 2.10 bits per heavy atom. The van der Waals surface area contributed by atoms with Gasteiger partial charge in [-0.15, -0.1) is 4.48 Å². The molecule has 122 valence electrons. The lowest BCUT2D eigenvalue weighted by molar-refractivity contribution is 0.0937. The van der Waals surface area contributed by atoms with Crippen LogP contribution in [0.1, 0.15) is 13.8 Å². The molecule has 12 heteroatoms. The van der Waals surface area contributed by atoms with E-state index < -0.39 is 28.9 Å². The van der Waals surface area contributed by atoms with Gasteiger partial charge in [0.05, 0.1) is 19.8 Å². The highest BCUT2D eigenvalue weighted by Crippen LogP contribution is 2.44. The molecular formula is C8H20FNO8P2. The first kappa shape index (κ1) is 20.1. The van der Waals surface area contributed by atoms with Crippen molar-refractivity contribution in [3.05, 3.63) is 0 Å². The van der Waals surface area contributed by atoms with Gasteiger partial charge in [0.1, 0.15) is 0 Å². The van der Waals surface area contributed by atoms with E-state index in [-0.39, 0.29) is 25.0 Å². The molecule has 0 aromatic heterocycles. The zero-order chi connectivity index (χ0) is 15.8. The topological polar surface area (TPSA) is 135 Å². The number of rotatable bonds is 11. The minimum absolute atomic E-state index is 0.0104. The second-order valence-electron chi connectivity index (χ2n) is 4.26. The Bertz CT molecular complexity index is 362. The fourth-order valence-electron chi connectivity index (χ4n) is 1.12. The molecule has 9 nitrogen and oxygen atoms in total. The molecule has 0 saturated heterocycles. The summed E-state index contributed by atoms with van der Waals surface area (Å²) in [5.74, 6) is -0.327. The fraction of sp³-hybridized carbons (Fsp3) is 1.00. The standard InChI is InChI=1S/C8H20FNO8P2/c1-7(2)8(5-10-9)6-18-20(14,15)17-4-3-16-19(11,12)13/h7-8,10H,3-6H2,1-2H3,(H,14,15)(H2,11,12,13). The Kier molecular flexibility index (Phi) is 9.24. The average molecular weight is 339 g/mol. The average Bonchev–Trinajstić information content (AvgIpc) is 2.28. The smallest absolute Gasteiger partial charge is 0.303 e. The van der Waals surface area contributed by atoms with Crippen LogP contribution in [0.4, 0.5) is 4.48 Å².